The number of hydrogen-bond donors (Lipinski definition) is 1. The molecular formula is C18H22N2. The van der Waals surface area contributed by atoms with Crippen LogP contribution < -0.4 is 5.32 Å². The summed E-state index contributed by atoms with van der Waals surface area (Å²) >= 11 is 0. The first-order valence-electron chi connectivity index (χ1n) is 7.46. The van der Waals surface area contributed by atoms with Crippen LogP contribution in [0.1, 0.15) is 48.5 Å². The van der Waals surface area contributed by atoms with Crippen molar-refractivity contribution in [2.75, 3.05) is 0 Å². The number of hydrogen-bond acceptors (Lipinski definition) is 2. The molecular weight excluding hydrogens is 244 g/mol. The molecule has 1 aromatic heterocycles. The Morgan fingerprint density at radius 2 is 1.65 bits per heavy atom. The molecule has 1 unspecified atom stereocenters. The maximum atomic E-state index is 4.09. The molecule has 3 rings (SSSR count). The quantitative estimate of drug-likeness (QED) is 0.877. The summed E-state index contributed by atoms with van der Waals surface area (Å²) in [5.41, 5.74) is 4.04. The van der Waals surface area contributed by atoms with Crippen molar-refractivity contribution >= 4 is 0 Å². The predicted molar refractivity (Wildman–Crippen MR) is 82.4 cm³/mol. The molecule has 2 heteroatoms. The van der Waals surface area contributed by atoms with Crippen LogP contribution in [0, 0.1) is 12.8 Å². The number of nitrogens with zero attached hydrogens (tertiary/aromatic N) is 1. The minimum Gasteiger partial charge on any atom is -0.303 e. The molecule has 0 saturated heterocycles. The molecule has 1 aliphatic carbocycles. The molecule has 20 heavy (non-hydrogen) atoms. The van der Waals surface area contributed by atoms with Crippen LogP contribution in [0.15, 0.2) is 48.8 Å². The first-order valence-corrected chi connectivity index (χ1v) is 7.46. The third-order valence-electron chi connectivity index (χ3n) is 4.17. The van der Waals surface area contributed by atoms with E-state index in [0.29, 0.717) is 12.1 Å². The molecule has 1 aliphatic rings. The molecule has 104 valence electrons. The number of aryl methyl sites for hydroxylation is 1. The van der Waals surface area contributed by atoms with Gasteiger partial charge in [0, 0.05) is 24.5 Å². The van der Waals surface area contributed by atoms with Gasteiger partial charge in [0.15, 0.2) is 0 Å². The smallest absolute Gasteiger partial charge is 0.0353 e. The SMILES string of the molecule is Cc1ccc(C(N[C@H](C)c2ccncc2)C2CC2)cc1. The van der Waals surface area contributed by atoms with Gasteiger partial charge in [-0.25, -0.2) is 0 Å². The monoisotopic (exact) mass is 266 g/mol. The van der Waals surface area contributed by atoms with E-state index >= 15 is 0 Å². The highest BCUT2D eigenvalue weighted by molar-refractivity contribution is 5.26. The molecule has 0 amide bonds. The summed E-state index contributed by atoms with van der Waals surface area (Å²) in [5, 5.41) is 3.80. The van der Waals surface area contributed by atoms with Gasteiger partial charge in [-0.15, -0.1) is 0 Å². The normalized spacial score (nSPS) is 17.7. The molecule has 2 nitrogen and oxygen atoms in total. The lowest BCUT2D eigenvalue weighted by Gasteiger charge is -2.24. The highest BCUT2D eigenvalue weighted by Gasteiger charge is 2.33. The van der Waals surface area contributed by atoms with Crippen LogP contribution in [0.4, 0.5) is 0 Å². The van der Waals surface area contributed by atoms with Gasteiger partial charge in [-0.3, -0.25) is 4.98 Å². The van der Waals surface area contributed by atoms with Crippen LogP contribution in [-0.4, -0.2) is 4.98 Å². The molecule has 2 aromatic rings. The van der Waals surface area contributed by atoms with Crippen LogP contribution >= 0.6 is 0 Å². The van der Waals surface area contributed by atoms with Gasteiger partial charge >= 0.3 is 0 Å². The van der Waals surface area contributed by atoms with Crippen molar-refractivity contribution in [2.45, 2.75) is 38.8 Å². The summed E-state index contributed by atoms with van der Waals surface area (Å²) in [5.74, 6) is 0.794. The fraction of sp³-hybridized carbons (Fsp3) is 0.389. The van der Waals surface area contributed by atoms with Crippen LogP contribution in [-0.2, 0) is 0 Å². The second-order valence-corrected chi connectivity index (χ2v) is 5.89. The molecule has 0 aliphatic heterocycles. The van der Waals surface area contributed by atoms with E-state index in [-0.39, 0.29) is 0 Å². The largest absolute Gasteiger partial charge is 0.303 e. The molecule has 0 spiro atoms. The van der Waals surface area contributed by atoms with Crippen molar-refractivity contribution in [1.82, 2.24) is 10.3 Å². The Morgan fingerprint density at radius 3 is 2.25 bits per heavy atom. The average Bonchev–Trinajstić information content (AvgIpc) is 3.31. The number of rotatable bonds is 5. The molecule has 1 heterocycles. The predicted octanol–water partition coefficient (Wildman–Crippen LogP) is 4.19. The van der Waals surface area contributed by atoms with E-state index in [0.717, 1.165) is 5.92 Å². The second-order valence-electron chi connectivity index (χ2n) is 5.89. The van der Waals surface area contributed by atoms with E-state index in [1.165, 1.54) is 29.5 Å². The van der Waals surface area contributed by atoms with Crippen molar-refractivity contribution in [3.05, 3.63) is 65.5 Å². The maximum Gasteiger partial charge on any atom is 0.0353 e. The van der Waals surface area contributed by atoms with Gasteiger partial charge in [0.05, 0.1) is 0 Å². The number of benzene rings is 1. The van der Waals surface area contributed by atoms with Gasteiger partial charge in [0.1, 0.15) is 0 Å². The Hall–Kier alpha value is -1.67. The van der Waals surface area contributed by atoms with E-state index in [4.69, 9.17) is 0 Å². The molecule has 1 fully saturated rings. The van der Waals surface area contributed by atoms with Crippen LogP contribution in [0.5, 0.6) is 0 Å². The molecule has 1 N–H and O–H groups in total. The summed E-state index contributed by atoms with van der Waals surface area (Å²) in [4.78, 5) is 4.09. The molecule has 1 aromatic carbocycles. The average molecular weight is 266 g/mol. The Morgan fingerprint density at radius 1 is 1.00 bits per heavy atom. The van der Waals surface area contributed by atoms with E-state index in [1.807, 2.05) is 12.4 Å². The third kappa shape index (κ3) is 3.07. The zero-order chi connectivity index (χ0) is 13.9. The Labute approximate surface area is 121 Å². The number of pyridine rings is 1. The van der Waals surface area contributed by atoms with Gasteiger partial charge in [-0.05, 0) is 55.9 Å². The number of nitrogens with one attached hydrogen (secondary N) is 1. The van der Waals surface area contributed by atoms with Crippen molar-refractivity contribution in [3.63, 3.8) is 0 Å². The Balaban J connectivity index is 1.76. The zero-order valence-corrected chi connectivity index (χ0v) is 12.2. The fourth-order valence-corrected chi connectivity index (χ4v) is 2.73. The van der Waals surface area contributed by atoms with Crippen molar-refractivity contribution in [1.29, 1.82) is 0 Å². The van der Waals surface area contributed by atoms with Gasteiger partial charge in [0.2, 0.25) is 0 Å². The molecule has 2 atom stereocenters. The standard InChI is InChI=1S/C18H22N2/c1-13-3-5-16(6-4-13)18(17-7-8-17)20-14(2)15-9-11-19-12-10-15/h3-6,9-12,14,17-18,20H,7-8H2,1-2H3/t14-,18?/m1/s1. The minimum absolute atomic E-state index is 0.352. The first kappa shape index (κ1) is 13.3. The summed E-state index contributed by atoms with van der Waals surface area (Å²) < 4.78 is 0. The number of aromatic nitrogens is 1. The molecule has 0 radical (unpaired) electrons. The van der Waals surface area contributed by atoms with E-state index in [9.17, 15) is 0 Å². The maximum absolute atomic E-state index is 4.09. The van der Waals surface area contributed by atoms with Crippen molar-refractivity contribution < 1.29 is 0 Å². The minimum atomic E-state index is 0.352. The Kier molecular flexibility index (Phi) is 3.83. The summed E-state index contributed by atoms with van der Waals surface area (Å²) in [7, 11) is 0. The molecule has 0 bridgehead atoms. The van der Waals surface area contributed by atoms with E-state index in [1.54, 1.807) is 0 Å². The van der Waals surface area contributed by atoms with Crippen molar-refractivity contribution in [2.24, 2.45) is 5.92 Å². The van der Waals surface area contributed by atoms with Crippen LogP contribution in [0.2, 0.25) is 0 Å². The van der Waals surface area contributed by atoms with Crippen LogP contribution in [0.3, 0.4) is 0 Å². The second kappa shape index (κ2) is 5.76. The van der Waals surface area contributed by atoms with E-state index < -0.39 is 0 Å². The first-order chi connectivity index (χ1) is 9.74. The summed E-state index contributed by atoms with van der Waals surface area (Å²) in [6.07, 6.45) is 6.42. The van der Waals surface area contributed by atoms with Gasteiger partial charge in [-0.1, -0.05) is 29.8 Å². The lowest BCUT2D eigenvalue weighted by atomic mass is 9.99. The third-order valence-corrected chi connectivity index (χ3v) is 4.17. The van der Waals surface area contributed by atoms with Gasteiger partial charge in [0.25, 0.3) is 0 Å². The fourth-order valence-electron chi connectivity index (χ4n) is 2.73. The topological polar surface area (TPSA) is 24.9 Å². The lowest BCUT2D eigenvalue weighted by Crippen LogP contribution is -2.26. The summed E-state index contributed by atoms with van der Waals surface area (Å²) in [6, 6.07) is 14.0. The van der Waals surface area contributed by atoms with E-state index in [2.05, 4.69) is 60.5 Å². The zero-order valence-electron chi connectivity index (χ0n) is 12.2. The van der Waals surface area contributed by atoms with Crippen molar-refractivity contribution in [3.8, 4) is 0 Å². The van der Waals surface area contributed by atoms with Crippen LogP contribution in [0.25, 0.3) is 0 Å². The van der Waals surface area contributed by atoms with Gasteiger partial charge in [-0.2, -0.15) is 0 Å². The lowest BCUT2D eigenvalue weighted by molar-refractivity contribution is 0.427. The Bertz CT molecular complexity index is 543. The molecule has 1 saturated carbocycles. The van der Waals surface area contributed by atoms with Gasteiger partial charge < -0.3 is 5.32 Å². The highest BCUT2D eigenvalue weighted by atomic mass is 15.0. The highest BCUT2D eigenvalue weighted by Crippen LogP contribution is 2.42. The summed E-state index contributed by atoms with van der Waals surface area (Å²) in [6.45, 7) is 4.38.